The molecular formula is C16H24N2O4. The minimum atomic E-state index is -0.866. The van der Waals surface area contributed by atoms with E-state index in [4.69, 9.17) is 9.84 Å². The average Bonchev–Trinajstić information content (AvgIpc) is 2.42. The average molecular weight is 308 g/mol. The number of aliphatic carboxylic acids is 1. The lowest BCUT2D eigenvalue weighted by Crippen LogP contribution is -2.38. The monoisotopic (exact) mass is 308 g/mol. The fourth-order valence-corrected chi connectivity index (χ4v) is 1.99. The quantitative estimate of drug-likeness (QED) is 0.754. The van der Waals surface area contributed by atoms with E-state index >= 15 is 0 Å². The summed E-state index contributed by atoms with van der Waals surface area (Å²) < 4.78 is 5.09. The summed E-state index contributed by atoms with van der Waals surface area (Å²) in [7, 11) is 1.55. The smallest absolute Gasteiger partial charge is 0.319 e. The summed E-state index contributed by atoms with van der Waals surface area (Å²) in [6, 6.07) is 6.65. The first-order valence-electron chi connectivity index (χ1n) is 7.13. The van der Waals surface area contributed by atoms with Crippen LogP contribution in [0.2, 0.25) is 0 Å². The maximum absolute atomic E-state index is 11.9. The molecule has 3 N–H and O–H groups in total. The maximum Gasteiger partial charge on any atom is 0.319 e. The number of carboxylic acid groups (broad SMARTS) is 1. The van der Waals surface area contributed by atoms with Crippen LogP contribution in [0.5, 0.6) is 5.75 Å². The van der Waals surface area contributed by atoms with Gasteiger partial charge in [-0.1, -0.05) is 26.8 Å². The summed E-state index contributed by atoms with van der Waals surface area (Å²) in [6.45, 7) is 6.18. The van der Waals surface area contributed by atoms with Gasteiger partial charge in [-0.05, 0) is 23.5 Å². The Kier molecular flexibility index (Phi) is 6.22. The number of ether oxygens (including phenoxy) is 1. The second kappa shape index (κ2) is 7.68. The predicted molar refractivity (Wildman–Crippen MR) is 85.2 cm³/mol. The van der Waals surface area contributed by atoms with Crippen LogP contribution in [-0.4, -0.2) is 30.8 Å². The lowest BCUT2D eigenvalue weighted by Gasteiger charge is -2.29. The van der Waals surface area contributed by atoms with Crippen LogP contribution in [0.25, 0.3) is 0 Å². The number of rotatable bonds is 6. The molecule has 2 amide bonds. The molecule has 0 aliphatic heterocycles. The van der Waals surface area contributed by atoms with Crippen LogP contribution >= 0.6 is 0 Å². The second-order valence-corrected chi connectivity index (χ2v) is 6.23. The summed E-state index contributed by atoms with van der Waals surface area (Å²) in [6.07, 6.45) is 0.0168. The van der Waals surface area contributed by atoms with Crippen molar-refractivity contribution in [3.8, 4) is 5.75 Å². The van der Waals surface area contributed by atoms with E-state index < -0.39 is 5.97 Å². The standard InChI is InChI=1S/C16H24N2O4/c1-16(2,3)11(8-14(19)20)10-17-15(21)18-12-6-5-7-13(9-12)22-4/h5-7,9,11H,8,10H2,1-4H3,(H,19,20)(H2,17,18,21). The van der Waals surface area contributed by atoms with Crippen LogP contribution in [0.3, 0.4) is 0 Å². The predicted octanol–water partition coefficient (Wildman–Crippen LogP) is 2.95. The van der Waals surface area contributed by atoms with E-state index in [-0.39, 0.29) is 23.8 Å². The molecule has 22 heavy (non-hydrogen) atoms. The number of benzene rings is 1. The fraction of sp³-hybridized carbons (Fsp3) is 0.500. The molecule has 1 rings (SSSR count). The lowest BCUT2D eigenvalue weighted by atomic mass is 9.79. The van der Waals surface area contributed by atoms with E-state index in [1.165, 1.54) is 0 Å². The molecule has 0 heterocycles. The van der Waals surface area contributed by atoms with Crippen molar-refractivity contribution < 1.29 is 19.4 Å². The number of carbonyl (C=O) groups is 2. The Morgan fingerprint density at radius 2 is 2.00 bits per heavy atom. The molecular weight excluding hydrogens is 284 g/mol. The highest BCUT2D eigenvalue weighted by molar-refractivity contribution is 5.89. The molecule has 0 radical (unpaired) electrons. The first-order valence-corrected chi connectivity index (χ1v) is 7.13. The zero-order valence-corrected chi connectivity index (χ0v) is 13.5. The van der Waals surface area contributed by atoms with Crippen molar-refractivity contribution in [2.24, 2.45) is 11.3 Å². The third kappa shape index (κ3) is 6.03. The number of carbonyl (C=O) groups excluding carboxylic acids is 1. The minimum absolute atomic E-state index is 0.0168. The Labute approximate surface area is 130 Å². The number of anilines is 1. The number of hydrogen-bond donors (Lipinski definition) is 3. The highest BCUT2D eigenvalue weighted by Crippen LogP contribution is 2.28. The topological polar surface area (TPSA) is 87.7 Å². The number of amides is 2. The van der Waals surface area contributed by atoms with Crippen molar-refractivity contribution in [1.82, 2.24) is 5.32 Å². The van der Waals surface area contributed by atoms with Gasteiger partial charge in [0.15, 0.2) is 0 Å². The van der Waals surface area contributed by atoms with Crippen LogP contribution in [0.15, 0.2) is 24.3 Å². The molecule has 0 bridgehead atoms. The van der Waals surface area contributed by atoms with Gasteiger partial charge in [0.2, 0.25) is 0 Å². The number of urea groups is 1. The molecule has 6 heteroatoms. The van der Waals surface area contributed by atoms with Crippen LogP contribution in [0.4, 0.5) is 10.5 Å². The van der Waals surface area contributed by atoms with E-state index in [1.807, 2.05) is 20.8 Å². The van der Waals surface area contributed by atoms with Gasteiger partial charge >= 0.3 is 12.0 Å². The molecule has 0 saturated heterocycles. The molecule has 0 aliphatic carbocycles. The van der Waals surface area contributed by atoms with E-state index in [0.29, 0.717) is 18.0 Å². The first-order chi connectivity index (χ1) is 10.2. The minimum Gasteiger partial charge on any atom is -0.497 e. The Balaban J connectivity index is 2.58. The number of methoxy groups -OCH3 is 1. The van der Waals surface area contributed by atoms with Gasteiger partial charge in [0.05, 0.1) is 13.5 Å². The Morgan fingerprint density at radius 3 is 2.55 bits per heavy atom. The van der Waals surface area contributed by atoms with E-state index in [0.717, 1.165) is 0 Å². The molecule has 122 valence electrons. The molecule has 0 aliphatic rings. The number of carboxylic acids is 1. The van der Waals surface area contributed by atoms with E-state index in [2.05, 4.69) is 10.6 Å². The van der Waals surface area contributed by atoms with Gasteiger partial charge in [0.1, 0.15) is 5.75 Å². The molecule has 0 aromatic heterocycles. The zero-order valence-electron chi connectivity index (χ0n) is 13.5. The van der Waals surface area contributed by atoms with E-state index in [9.17, 15) is 9.59 Å². The normalized spacial score (nSPS) is 12.4. The first kappa shape index (κ1) is 17.8. The summed E-state index contributed by atoms with van der Waals surface area (Å²) in [5.74, 6) is -0.368. The summed E-state index contributed by atoms with van der Waals surface area (Å²) in [4.78, 5) is 22.8. The largest absolute Gasteiger partial charge is 0.497 e. The highest BCUT2D eigenvalue weighted by atomic mass is 16.5. The molecule has 0 fully saturated rings. The van der Waals surface area contributed by atoms with Crippen molar-refractivity contribution in [1.29, 1.82) is 0 Å². The van der Waals surface area contributed by atoms with Gasteiger partial charge in [0.25, 0.3) is 0 Å². The van der Waals surface area contributed by atoms with Crippen molar-refractivity contribution in [3.05, 3.63) is 24.3 Å². The Bertz CT molecular complexity index is 523. The van der Waals surface area contributed by atoms with Gasteiger partial charge < -0.3 is 20.5 Å². The third-order valence-corrected chi connectivity index (χ3v) is 3.48. The van der Waals surface area contributed by atoms with Crippen molar-refractivity contribution in [2.75, 3.05) is 19.0 Å². The third-order valence-electron chi connectivity index (χ3n) is 3.48. The number of hydrogen-bond acceptors (Lipinski definition) is 3. The Hall–Kier alpha value is -2.24. The van der Waals surface area contributed by atoms with Crippen LogP contribution in [-0.2, 0) is 4.79 Å². The Morgan fingerprint density at radius 1 is 1.32 bits per heavy atom. The van der Waals surface area contributed by atoms with Gasteiger partial charge in [-0.25, -0.2) is 4.79 Å². The van der Waals surface area contributed by atoms with E-state index in [1.54, 1.807) is 31.4 Å². The maximum atomic E-state index is 11.9. The molecule has 0 saturated carbocycles. The molecule has 1 atom stereocenters. The molecule has 1 aromatic rings. The summed E-state index contributed by atoms with van der Waals surface area (Å²) in [5, 5.41) is 14.4. The number of nitrogens with one attached hydrogen (secondary N) is 2. The highest BCUT2D eigenvalue weighted by Gasteiger charge is 2.27. The summed E-state index contributed by atoms with van der Waals surface area (Å²) >= 11 is 0. The fourth-order valence-electron chi connectivity index (χ4n) is 1.99. The summed E-state index contributed by atoms with van der Waals surface area (Å²) in [5.41, 5.74) is 0.407. The zero-order chi connectivity index (χ0) is 16.8. The van der Waals surface area contributed by atoms with Crippen molar-refractivity contribution >= 4 is 17.7 Å². The second-order valence-electron chi connectivity index (χ2n) is 6.23. The molecule has 0 spiro atoms. The molecule has 1 unspecified atom stereocenters. The SMILES string of the molecule is COc1cccc(NC(=O)NCC(CC(=O)O)C(C)(C)C)c1. The van der Waals surface area contributed by atoms with Crippen molar-refractivity contribution in [2.45, 2.75) is 27.2 Å². The lowest BCUT2D eigenvalue weighted by molar-refractivity contribution is -0.139. The van der Waals surface area contributed by atoms with Crippen LogP contribution in [0.1, 0.15) is 27.2 Å². The van der Waals surface area contributed by atoms with Gasteiger partial charge in [-0.2, -0.15) is 0 Å². The van der Waals surface area contributed by atoms with Crippen LogP contribution in [0, 0.1) is 11.3 Å². The van der Waals surface area contributed by atoms with Crippen molar-refractivity contribution in [3.63, 3.8) is 0 Å². The van der Waals surface area contributed by atoms with Gasteiger partial charge in [-0.15, -0.1) is 0 Å². The van der Waals surface area contributed by atoms with Gasteiger partial charge in [0, 0.05) is 18.3 Å². The van der Waals surface area contributed by atoms with Crippen LogP contribution < -0.4 is 15.4 Å². The molecule has 1 aromatic carbocycles. The molecule has 6 nitrogen and oxygen atoms in total. The van der Waals surface area contributed by atoms with Gasteiger partial charge in [-0.3, -0.25) is 4.79 Å².